The summed E-state index contributed by atoms with van der Waals surface area (Å²) in [4.78, 5) is 2.62. The maximum atomic E-state index is 5.84. The number of nitrogens with zero attached hydrogens (tertiary/aromatic N) is 1. The lowest BCUT2D eigenvalue weighted by Crippen LogP contribution is -2.39. The van der Waals surface area contributed by atoms with Gasteiger partial charge in [0, 0.05) is 24.7 Å². The Balaban J connectivity index is 1.74. The molecule has 0 spiro atoms. The number of para-hydroxylation sites is 1. The van der Waals surface area contributed by atoms with Gasteiger partial charge >= 0.3 is 0 Å². The van der Waals surface area contributed by atoms with Gasteiger partial charge in [0.2, 0.25) is 0 Å². The molecule has 19 heavy (non-hydrogen) atoms. The van der Waals surface area contributed by atoms with Crippen LogP contribution in [0.4, 0.5) is 0 Å². The first kappa shape index (κ1) is 12.9. The Bertz CT molecular complexity index is 421. The molecule has 3 heteroatoms. The number of benzene rings is 1. The van der Waals surface area contributed by atoms with Crippen molar-refractivity contribution in [1.82, 2.24) is 10.2 Å². The van der Waals surface area contributed by atoms with Crippen LogP contribution >= 0.6 is 0 Å². The molecule has 1 saturated heterocycles. The summed E-state index contributed by atoms with van der Waals surface area (Å²) in [6, 6.07) is 9.59. The van der Waals surface area contributed by atoms with Crippen molar-refractivity contribution in [2.24, 2.45) is 0 Å². The standard InChI is InChI=1S/C16H24N2O/c1-2-6-13-11-18(10-5-9-17-13)15-12-19-16-8-4-3-7-14(15)16/h3-4,7-8,13,15,17H,2,5-6,9-12H2,1H3. The second-order valence-electron chi connectivity index (χ2n) is 5.65. The zero-order valence-corrected chi connectivity index (χ0v) is 11.8. The molecule has 1 aromatic carbocycles. The van der Waals surface area contributed by atoms with Crippen LogP contribution in [0, 0.1) is 0 Å². The van der Waals surface area contributed by atoms with Gasteiger partial charge in [-0.2, -0.15) is 0 Å². The van der Waals surface area contributed by atoms with Crippen molar-refractivity contribution < 1.29 is 4.74 Å². The quantitative estimate of drug-likeness (QED) is 0.904. The molecule has 0 amide bonds. The van der Waals surface area contributed by atoms with Crippen LogP contribution in [-0.4, -0.2) is 37.2 Å². The summed E-state index contributed by atoms with van der Waals surface area (Å²) in [7, 11) is 0. The van der Waals surface area contributed by atoms with Crippen LogP contribution in [0.1, 0.15) is 37.8 Å². The number of rotatable bonds is 3. The van der Waals surface area contributed by atoms with Gasteiger partial charge in [-0.1, -0.05) is 31.5 Å². The molecule has 1 aromatic rings. The van der Waals surface area contributed by atoms with E-state index in [9.17, 15) is 0 Å². The lowest BCUT2D eigenvalue weighted by atomic mass is 10.1. The fourth-order valence-corrected chi connectivity index (χ4v) is 3.30. The smallest absolute Gasteiger partial charge is 0.124 e. The predicted molar refractivity (Wildman–Crippen MR) is 77.6 cm³/mol. The van der Waals surface area contributed by atoms with Crippen molar-refractivity contribution in [3.8, 4) is 5.75 Å². The Kier molecular flexibility index (Phi) is 4.04. The molecule has 0 aliphatic carbocycles. The molecule has 0 bridgehead atoms. The third-order valence-corrected chi connectivity index (χ3v) is 4.26. The van der Waals surface area contributed by atoms with Gasteiger partial charge < -0.3 is 10.1 Å². The topological polar surface area (TPSA) is 24.5 Å². The summed E-state index contributed by atoms with van der Waals surface area (Å²) in [5.41, 5.74) is 1.37. The zero-order chi connectivity index (χ0) is 13.1. The van der Waals surface area contributed by atoms with Gasteiger partial charge in [-0.15, -0.1) is 0 Å². The van der Waals surface area contributed by atoms with Crippen LogP contribution in [0.5, 0.6) is 5.75 Å². The Labute approximate surface area is 115 Å². The van der Waals surface area contributed by atoms with E-state index in [4.69, 9.17) is 4.74 Å². The fourth-order valence-electron chi connectivity index (χ4n) is 3.30. The van der Waals surface area contributed by atoms with Crippen LogP contribution in [0.3, 0.4) is 0 Å². The molecule has 2 aliphatic heterocycles. The number of hydrogen-bond donors (Lipinski definition) is 1. The lowest BCUT2D eigenvalue weighted by Gasteiger charge is -2.29. The molecule has 3 nitrogen and oxygen atoms in total. The van der Waals surface area contributed by atoms with Gasteiger partial charge in [-0.25, -0.2) is 0 Å². The highest BCUT2D eigenvalue weighted by atomic mass is 16.5. The molecule has 104 valence electrons. The van der Waals surface area contributed by atoms with E-state index >= 15 is 0 Å². The van der Waals surface area contributed by atoms with Gasteiger partial charge in [0.1, 0.15) is 12.4 Å². The summed E-state index contributed by atoms with van der Waals surface area (Å²) >= 11 is 0. The van der Waals surface area contributed by atoms with E-state index in [-0.39, 0.29) is 0 Å². The van der Waals surface area contributed by atoms with E-state index in [1.807, 2.05) is 0 Å². The highest BCUT2D eigenvalue weighted by Gasteiger charge is 2.31. The fraction of sp³-hybridized carbons (Fsp3) is 0.625. The lowest BCUT2D eigenvalue weighted by molar-refractivity contribution is 0.159. The third-order valence-electron chi connectivity index (χ3n) is 4.26. The maximum Gasteiger partial charge on any atom is 0.124 e. The minimum Gasteiger partial charge on any atom is -0.491 e. The zero-order valence-electron chi connectivity index (χ0n) is 11.8. The molecular weight excluding hydrogens is 236 g/mol. The molecule has 2 atom stereocenters. The Morgan fingerprint density at radius 1 is 1.37 bits per heavy atom. The largest absolute Gasteiger partial charge is 0.491 e. The van der Waals surface area contributed by atoms with Crippen molar-refractivity contribution >= 4 is 0 Å². The Morgan fingerprint density at radius 3 is 3.16 bits per heavy atom. The normalized spacial score (nSPS) is 27.6. The first-order valence-electron chi connectivity index (χ1n) is 7.57. The molecular formula is C16H24N2O. The average molecular weight is 260 g/mol. The number of hydrogen-bond acceptors (Lipinski definition) is 3. The van der Waals surface area contributed by atoms with Crippen LogP contribution < -0.4 is 10.1 Å². The summed E-state index contributed by atoms with van der Waals surface area (Å²) < 4.78 is 5.84. The van der Waals surface area contributed by atoms with E-state index in [1.54, 1.807) is 0 Å². The van der Waals surface area contributed by atoms with Gasteiger partial charge in [0.25, 0.3) is 0 Å². The van der Waals surface area contributed by atoms with Gasteiger partial charge in [-0.3, -0.25) is 4.90 Å². The third kappa shape index (κ3) is 2.77. The molecule has 0 aromatic heterocycles. The van der Waals surface area contributed by atoms with Gasteiger partial charge in [-0.05, 0) is 25.5 Å². The van der Waals surface area contributed by atoms with Gasteiger partial charge in [0.15, 0.2) is 0 Å². The predicted octanol–water partition coefficient (Wildman–Crippen LogP) is 2.58. The van der Waals surface area contributed by atoms with E-state index in [2.05, 4.69) is 41.4 Å². The van der Waals surface area contributed by atoms with Crippen LogP contribution in [-0.2, 0) is 0 Å². The maximum absolute atomic E-state index is 5.84. The first-order valence-corrected chi connectivity index (χ1v) is 7.57. The number of ether oxygens (including phenoxy) is 1. The molecule has 2 heterocycles. The summed E-state index contributed by atoms with van der Waals surface area (Å²) in [6.07, 6.45) is 3.76. The van der Waals surface area contributed by atoms with Crippen molar-refractivity contribution in [1.29, 1.82) is 0 Å². The number of fused-ring (bicyclic) bond motifs is 1. The average Bonchev–Trinajstić information content (AvgIpc) is 2.73. The monoisotopic (exact) mass is 260 g/mol. The summed E-state index contributed by atoms with van der Waals surface area (Å²) in [5, 5.41) is 3.68. The first-order chi connectivity index (χ1) is 9.38. The second-order valence-corrected chi connectivity index (χ2v) is 5.65. The minimum atomic E-state index is 0.454. The van der Waals surface area contributed by atoms with Crippen LogP contribution in [0.25, 0.3) is 0 Å². The SMILES string of the molecule is CCCC1CN(C2COc3ccccc32)CCCN1. The molecule has 2 aliphatic rings. The van der Waals surface area contributed by atoms with Crippen molar-refractivity contribution in [3.63, 3.8) is 0 Å². The van der Waals surface area contributed by atoms with Gasteiger partial charge in [0.05, 0.1) is 6.04 Å². The molecule has 0 saturated carbocycles. The Hall–Kier alpha value is -1.06. The van der Waals surface area contributed by atoms with Crippen LogP contribution in [0.2, 0.25) is 0 Å². The van der Waals surface area contributed by atoms with E-state index in [0.717, 1.165) is 25.4 Å². The van der Waals surface area contributed by atoms with Crippen molar-refractivity contribution in [2.75, 3.05) is 26.2 Å². The van der Waals surface area contributed by atoms with Crippen molar-refractivity contribution in [3.05, 3.63) is 29.8 Å². The highest BCUT2D eigenvalue weighted by Crippen LogP contribution is 2.36. The summed E-state index contributed by atoms with van der Waals surface area (Å²) in [6.45, 7) is 6.56. The minimum absolute atomic E-state index is 0.454. The number of nitrogens with one attached hydrogen (secondary N) is 1. The van der Waals surface area contributed by atoms with E-state index in [0.29, 0.717) is 12.1 Å². The van der Waals surface area contributed by atoms with Crippen LogP contribution in [0.15, 0.2) is 24.3 Å². The Morgan fingerprint density at radius 2 is 2.26 bits per heavy atom. The summed E-state index contributed by atoms with van der Waals surface area (Å²) in [5.74, 6) is 1.08. The second kappa shape index (κ2) is 5.93. The van der Waals surface area contributed by atoms with E-state index in [1.165, 1.54) is 31.4 Å². The molecule has 1 fully saturated rings. The molecule has 2 unspecified atom stereocenters. The highest BCUT2D eigenvalue weighted by molar-refractivity contribution is 5.39. The molecule has 0 radical (unpaired) electrons. The molecule has 3 rings (SSSR count). The molecule has 1 N–H and O–H groups in total. The van der Waals surface area contributed by atoms with E-state index < -0.39 is 0 Å². The van der Waals surface area contributed by atoms with Crippen molar-refractivity contribution in [2.45, 2.75) is 38.3 Å².